The van der Waals surface area contributed by atoms with Crippen LogP contribution in [0.1, 0.15) is 37.8 Å². The quantitative estimate of drug-likeness (QED) is 0.773. The van der Waals surface area contributed by atoms with Crippen molar-refractivity contribution in [2.45, 2.75) is 44.9 Å². The lowest BCUT2D eigenvalue weighted by atomic mass is 10.1. The van der Waals surface area contributed by atoms with Crippen LogP contribution in [0.3, 0.4) is 0 Å². The number of carbonyl (C=O) groups excluding carboxylic acids is 2. The molecule has 0 aromatic heterocycles. The molecule has 154 valence electrons. The van der Waals surface area contributed by atoms with E-state index in [1.165, 1.54) is 11.8 Å². The summed E-state index contributed by atoms with van der Waals surface area (Å²) in [6.45, 7) is 5.82. The summed E-state index contributed by atoms with van der Waals surface area (Å²) in [6.07, 6.45) is 1.57. The van der Waals surface area contributed by atoms with Crippen molar-refractivity contribution in [2.24, 2.45) is 9.98 Å². The Bertz CT molecular complexity index is 1060. The van der Waals surface area contributed by atoms with Gasteiger partial charge in [0, 0.05) is 11.3 Å². The SMILES string of the molecule is CCC[C@@H]1N=C2c3ccccc3N=C(S[C@H](C)C(=O)Nc3ccccc3C)N2C1=O. The summed E-state index contributed by atoms with van der Waals surface area (Å²) in [5.41, 5.74) is 3.41. The Hall–Kier alpha value is -2.93. The molecule has 0 saturated heterocycles. The summed E-state index contributed by atoms with van der Waals surface area (Å²) in [7, 11) is 0. The van der Waals surface area contributed by atoms with Gasteiger partial charge in [0.05, 0.1) is 10.9 Å². The standard InChI is InChI=1S/C23H24N4O2S/c1-4-9-19-22(29)27-20(24-19)16-11-6-8-13-18(16)26-23(27)30-15(3)21(28)25-17-12-7-5-10-14(17)2/h5-8,10-13,15,19H,4,9H2,1-3H3,(H,25,28)/t15-,19+/m1/s1. The minimum atomic E-state index is -0.437. The van der Waals surface area contributed by atoms with Crippen LogP contribution in [0.25, 0.3) is 0 Å². The van der Waals surface area contributed by atoms with E-state index in [0.717, 1.165) is 28.9 Å². The molecule has 0 unspecified atom stereocenters. The second kappa shape index (κ2) is 8.44. The maximum Gasteiger partial charge on any atom is 0.259 e. The van der Waals surface area contributed by atoms with E-state index >= 15 is 0 Å². The number of nitrogens with one attached hydrogen (secondary N) is 1. The molecule has 0 fully saturated rings. The lowest BCUT2D eigenvalue weighted by molar-refractivity contribution is -0.124. The second-order valence-electron chi connectivity index (χ2n) is 7.41. The first-order valence-corrected chi connectivity index (χ1v) is 11.0. The lowest BCUT2D eigenvalue weighted by Crippen LogP contribution is -2.42. The highest BCUT2D eigenvalue weighted by Gasteiger charge is 2.41. The van der Waals surface area contributed by atoms with Gasteiger partial charge in [-0.25, -0.2) is 9.89 Å². The van der Waals surface area contributed by atoms with Crippen molar-refractivity contribution >= 4 is 46.0 Å². The normalized spacial score (nSPS) is 18.3. The average Bonchev–Trinajstić information content (AvgIpc) is 3.07. The van der Waals surface area contributed by atoms with E-state index in [1.807, 2.05) is 69.3 Å². The Balaban J connectivity index is 1.59. The summed E-state index contributed by atoms with van der Waals surface area (Å²) in [6, 6.07) is 14.9. The third-order valence-electron chi connectivity index (χ3n) is 5.16. The molecule has 2 aliphatic rings. The van der Waals surface area contributed by atoms with Gasteiger partial charge in [0.25, 0.3) is 5.91 Å². The monoisotopic (exact) mass is 420 g/mol. The fourth-order valence-electron chi connectivity index (χ4n) is 3.50. The molecule has 7 heteroatoms. The summed E-state index contributed by atoms with van der Waals surface area (Å²) in [4.78, 5) is 36.9. The summed E-state index contributed by atoms with van der Waals surface area (Å²) in [5, 5.41) is 3.04. The number of fused-ring (bicyclic) bond motifs is 3. The third kappa shape index (κ3) is 3.77. The summed E-state index contributed by atoms with van der Waals surface area (Å²) < 4.78 is 0. The highest BCUT2D eigenvalue weighted by Crippen LogP contribution is 2.35. The van der Waals surface area contributed by atoms with Gasteiger partial charge >= 0.3 is 0 Å². The molecular formula is C23H24N4O2S. The van der Waals surface area contributed by atoms with E-state index in [1.54, 1.807) is 4.90 Å². The van der Waals surface area contributed by atoms with Crippen molar-refractivity contribution in [3.8, 4) is 0 Å². The molecule has 0 saturated carbocycles. The fourth-order valence-corrected chi connectivity index (χ4v) is 4.42. The third-order valence-corrected chi connectivity index (χ3v) is 6.22. The van der Waals surface area contributed by atoms with Crippen molar-refractivity contribution in [3.63, 3.8) is 0 Å². The highest BCUT2D eigenvalue weighted by atomic mass is 32.2. The Kier molecular flexibility index (Phi) is 5.72. The smallest absolute Gasteiger partial charge is 0.259 e. The number of thioether (sulfide) groups is 1. The van der Waals surface area contributed by atoms with E-state index < -0.39 is 11.3 Å². The van der Waals surface area contributed by atoms with Crippen LogP contribution in [0.15, 0.2) is 58.5 Å². The van der Waals surface area contributed by atoms with Crippen molar-refractivity contribution in [1.29, 1.82) is 0 Å². The number of hydrogen-bond donors (Lipinski definition) is 1. The molecular weight excluding hydrogens is 396 g/mol. The number of carbonyl (C=O) groups is 2. The van der Waals surface area contributed by atoms with Gasteiger partial charge in [-0.15, -0.1) is 0 Å². The zero-order chi connectivity index (χ0) is 21.3. The van der Waals surface area contributed by atoms with Crippen molar-refractivity contribution in [1.82, 2.24) is 4.90 Å². The first-order valence-electron chi connectivity index (χ1n) is 10.1. The number of rotatable bonds is 5. The highest BCUT2D eigenvalue weighted by molar-refractivity contribution is 8.15. The molecule has 6 nitrogen and oxygen atoms in total. The van der Waals surface area contributed by atoms with Gasteiger partial charge in [0.2, 0.25) is 5.91 Å². The molecule has 2 aromatic rings. The van der Waals surface area contributed by atoms with Crippen LogP contribution >= 0.6 is 11.8 Å². The van der Waals surface area contributed by atoms with Crippen LogP contribution in [0.5, 0.6) is 0 Å². The largest absolute Gasteiger partial charge is 0.325 e. The van der Waals surface area contributed by atoms with Gasteiger partial charge in [0.15, 0.2) is 5.17 Å². The van der Waals surface area contributed by atoms with Crippen LogP contribution < -0.4 is 5.32 Å². The first kappa shape index (κ1) is 20.3. The van der Waals surface area contributed by atoms with E-state index in [2.05, 4.69) is 5.32 Å². The number of anilines is 1. The van der Waals surface area contributed by atoms with Crippen LogP contribution in [0.2, 0.25) is 0 Å². The number of aryl methyl sites for hydroxylation is 1. The van der Waals surface area contributed by atoms with Crippen molar-refractivity contribution in [3.05, 3.63) is 59.7 Å². The predicted molar refractivity (Wildman–Crippen MR) is 122 cm³/mol. The van der Waals surface area contributed by atoms with E-state index in [0.29, 0.717) is 17.4 Å². The molecule has 1 N–H and O–H groups in total. The molecule has 2 aromatic carbocycles. The molecule has 0 bridgehead atoms. The van der Waals surface area contributed by atoms with Gasteiger partial charge in [-0.05, 0) is 44.0 Å². The number of amidine groups is 2. The van der Waals surface area contributed by atoms with Crippen LogP contribution in [0, 0.1) is 6.92 Å². The van der Waals surface area contributed by atoms with Gasteiger partial charge in [0.1, 0.15) is 11.9 Å². The minimum absolute atomic E-state index is 0.0703. The maximum atomic E-state index is 13.1. The van der Waals surface area contributed by atoms with Gasteiger partial charge in [-0.2, -0.15) is 0 Å². The first-order chi connectivity index (χ1) is 14.5. The number of para-hydroxylation sites is 2. The number of aliphatic imine (C=N–C) groups is 2. The molecule has 0 spiro atoms. The number of nitrogens with zero attached hydrogens (tertiary/aromatic N) is 3. The molecule has 2 amide bonds. The average molecular weight is 421 g/mol. The topological polar surface area (TPSA) is 74.1 Å². The Morgan fingerprint density at radius 1 is 1.20 bits per heavy atom. The van der Waals surface area contributed by atoms with Crippen LogP contribution in [0.4, 0.5) is 11.4 Å². The molecule has 2 atom stereocenters. The number of hydrogen-bond acceptors (Lipinski definition) is 5. The predicted octanol–water partition coefficient (Wildman–Crippen LogP) is 4.51. The molecule has 2 aliphatic heterocycles. The molecule has 0 radical (unpaired) electrons. The Morgan fingerprint density at radius 2 is 1.93 bits per heavy atom. The van der Waals surface area contributed by atoms with Gasteiger partial charge < -0.3 is 5.32 Å². The molecule has 0 aliphatic carbocycles. The van der Waals surface area contributed by atoms with Crippen LogP contribution in [-0.2, 0) is 9.59 Å². The number of benzene rings is 2. The summed E-state index contributed by atoms with van der Waals surface area (Å²) >= 11 is 1.28. The summed E-state index contributed by atoms with van der Waals surface area (Å²) in [5.74, 6) is 0.434. The van der Waals surface area contributed by atoms with Gasteiger partial charge in [-0.1, -0.05) is 55.4 Å². The molecule has 4 rings (SSSR count). The van der Waals surface area contributed by atoms with Crippen molar-refractivity contribution in [2.75, 3.05) is 5.32 Å². The van der Waals surface area contributed by atoms with E-state index in [-0.39, 0.29) is 11.8 Å². The maximum absolute atomic E-state index is 13.1. The zero-order valence-corrected chi connectivity index (χ0v) is 18.1. The number of amides is 2. The minimum Gasteiger partial charge on any atom is -0.325 e. The zero-order valence-electron chi connectivity index (χ0n) is 17.3. The van der Waals surface area contributed by atoms with E-state index in [4.69, 9.17) is 9.98 Å². The fraction of sp³-hybridized carbons (Fsp3) is 0.304. The second-order valence-corrected chi connectivity index (χ2v) is 8.71. The van der Waals surface area contributed by atoms with Gasteiger partial charge in [-0.3, -0.25) is 14.6 Å². The van der Waals surface area contributed by atoms with Crippen LogP contribution in [-0.4, -0.2) is 39.0 Å². The Labute approximate surface area is 180 Å². The Morgan fingerprint density at radius 3 is 2.70 bits per heavy atom. The lowest BCUT2D eigenvalue weighted by Gasteiger charge is -2.27. The molecule has 2 heterocycles. The van der Waals surface area contributed by atoms with E-state index in [9.17, 15) is 9.59 Å². The molecule has 30 heavy (non-hydrogen) atoms. The van der Waals surface area contributed by atoms with Crippen molar-refractivity contribution < 1.29 is 9.59 Å².